The fraction of sp³-hybridized carbons (Fsp3) is 0.500. The van der Waals surface area contributed by atoms with Crippen molar-refractivity contribution in [2.24, 2.45) is 5.41 Å². The van der Waals surface area contributed by atoms with Crippen LogP contribution in [0.2, 0.25) is 5.02 Å². The summed E-state index contributed by atoms with van der Waals surface area (Å²) < 4.78 is 5.18. The molecule has 1 aliphatic heterocycles. The Kier molecular flexibility index (Phi) is 3.45. The van der Waals surface area contributed by atoms with Gasteiger partial charge in [0.25, 0.3) is 5.69 Å². The van der Waals surface area contributed by atoms with Gasteiger partial charge in [-0.15, -0.1) is 0 Å². The van der Waals surface area contributed by atoms with Gasteiger partial charge in [-0.2, -0.15) is 0 Å². The lowest BCUT2D eigenvalue weighted by Crippen LogP contribution is -2.45. The number of nitrogens with one attached hydrogen (secondary N) is 1. The maximum absolute atomic E-state index is 10.7. The van der Waals surface area contributed by atoms with Crippen LogP contribution < -0.4 is 5.32 Å². The molecule has 1 aromatic rings. The first-order valence-electron chi connectivity index (χ1n) is 5.67. The van der Waals surface area contributed by atoms with Gasteiger partial charge in [-0.1, -0.05) is 18.5 Å². The standard InChI is InChI=1S/C12H15ClN2O3/c1-8-3-9(15(16)17)4-10(13)11(8)14-5-12(2)6-18-7-12/h3-4,14H,5-7H2,1-2H3. The molecule has 1 heterocycles. The predicted octanol–water partition coefficient (Wildman–Crippen LogP) is 3.01. The molecule has 98 valence electrons. The largest absolute Gasteiger partial charge is 0.383 e. The first kappa shape index (κ1) is 13.1. The van der Waals surface area contributed by atoms with E-state index < -0.39 is 4.92 Å². The zero-order valence-electron chi connectivity index (χ0n) is 10.3. The van der Waals surface area contributed by atoms with E-state index in [1.165, 1.54) is 12.1 Å². The number of hydrogen-bond donors (Lipinski definition) is 1. The van der Waals surface area contributed by atoms with Crippen molar-refractivity contribution in [3.63, 3.8) is 0 Å². The monoisotopic (exact) mass is 270 g/mol. The summed E-state index contributed by atoms with van der Waals surface area (Å²) in [5.74, 6) is 0. The number of ether oxygens (including phenoxy) is 1. The van der Waals surface area contributed by atoms with Gasteiger partial charge in [-0.25, -0.2) is 0 Å². The normalized spacial score (nSPS) is 17.1. The van der Waals surface area contributed by atoms with Crippen molar-refractivity contribution in [2.45, 2.75) is 13.8 Å². The van der Waals surface area contributed by atoms with Gasteiger partial charge in [-0.05, 0) is 12.5 Å². The molecule has 0 unspecified atom stereocenters. The molecule has 0 atom stereocenters. The van der Waals surface area contributed by atoms with E-state index in [-0.39, 0.29) is 11.1 Å². The Bertz CT molecular complexity index is 463. The second-order valence-corrected chi connectivity index (χ2v) is 5.44. The van der Waals surface area contributed by atoms with Crippen LogP contribution >= 0.6 is 11.6 Å². The maximum atomic E-state index is 10.7. The molecule has 1 aromatic carbocycles. The van der Waals surface area contributed by atoms with Crippen LogP contribution in [0.5, 0.6) is 0 Å². The van der Waals surface area contributed by atoms with Gasteiger partial charge in [0.05, 0.1) is 28.8 Å². The van der Waals surface area contributed by atoms with Crippen LogP contribution in [0.4, 0.5) is 11.4 Å². The Morgan fingerprint density at radius 2 is 2.22 bits per heavy atom. The number of nitrogens with zero attached hydrogens (tertiary/aromatic N) is 1. The lowest BCUT2D eigenvalue weighted by Gasteiger charge is -2.38. The molecule has 0 aromatic heterocycles. The van der Waals surface area contributed by atoms with E-state index in [9.17, 15) is 10.1 Å². The van der Waals surface area contributed by atoms with Gasteiger partial charge in [0.2, 0.25) is 0 Å². The molecular weight excluding hydrogens is 256 g/mol. The molecule has 18 heavy (non-hydrogen) atoms. The Balaban J connectivity index is 2.15. The van der Waals surface area contributed by atoms with Crippen molar-refractivity contribution < 1.29 is 9.66 Å². The number of non-ortho nitro benzene ring substituents is 1. The van der Waals surface area contributed by atoms with Crippen LogP contribution in [0, 0.1) is 22.5 Å². The number of hydrogen-bond acceptors (Lipinski definition) is 4. The van der Waals surface area contributed by atoms with Crippen LogP contribution in [-0.4, -0.2) is 24.7 Å². The Labute approximate surface area is 110 Å². The second kappa shape index (κ2) is 4.74. The molecule has 0 radical (unpaired) electrons. The lowest BCUT2D eigenvalue weighted by molar-refractivity contribution is -0.384. The third-order valence-electron chi connectivity index (χ3n) is 3.08. The van der Waals surface area contributed by atoms with Crippen molar-refractivity contribution in [1.82, 2.24) is 0 Å². The van der Waals surface area contributed by atoms with Crippen LogP contribution in [0.15, 0.2) is 12.1 Å². The summed E-state index contributed by atoms with van der Waals surface area (Å²) >= 11 is 6.07. The summed E-state index contributed by atoms with van der Waals surface area (Å²) in [5, 5.41) is 14.3. The molecule has 0 bridgehead atoms. The molecule has 5 nitrogen and oxygen atoms in total. The van der Waals surface area contributed by atoms with Crippen molar-refractivity contribution >= 4 is 23.0 Å². The van der Waals surface area contributed by atoms with E-state index >= 15 is 0 Å². The van der Waals surface area contributed by atoms with Crippen molar-refractivity contribution in [1.29, 1.82) is 0 Å². The van der Waals surface area contributed by atoms with E-state index in [2.05, 4.69) is 12.2 Å². The number of nitro groups is 1. The summed E-state index contributed by atoms with van der Waals surface area (Å²) in [6.45, 7) is 6.12. The number of halogens is 1. The highest BCUT2D eigenvalue weighted by molar-refractivity contribution is 6.33. The van der Waals surface area contributed by atoms with Gasteiger partial charge in [0.1, 0.15) is 0 Å². The third-order valence-corrected chi connectivity index (χ3v) is 3.37. The summed E-state index contributed by atoms with van der Waals surface area (Å²) in [6.07, 6.45) is 0. The smallest absolute Gasteiger partial charge is 0.271 e. The zero-order chi connectivity index (χ0) is 13.3. The Hall–Kier alpha value is -1.33. The summed E-state index contributed by atoms with van der Waals surface area (Å²) in [4.78, 5) is 10.3. The minimum absolute atomic E-state index is 0.0150. The highest BCUT2D eigenvalue weighted by Gasteiger charge is 2.33. The number of benzene rings is 1. The van der Waals surface area contributed by atoms with Crippen molar-refractivity contribution in [2.75, 3.05) is 25.1 Å². The van der Waals surface area contributed by atoms with Gasteiger partial charge in [-0.3, -0.25) is 10.1 Å². The second-order valence-electron chi connectivity index (χ2n) is 5.03. The molecule has 1 fully saturated rings. The zero-order valence-corrected chi connectivity index (χ0v) is 11.1. The highest BCUT2D eigenvalue weighted by atomic mass is 35.5. The molecule has 1 N–H and O–H groups in total. The van der Waals surface area contributed by atoms with Crippen molar-refractivity contribution in [3.05, 3.63) is 32.8 Å². The molecule has 0 aliphatic carbocycles. The first-order chi connectivity index (χ1) is 8.41. The van der Waals surface area contributed by atoms with Gasteiger partial charge in [0.15, 0.2) is 0 Å². The fourth-order valence-electron chi connectivity index (χ4n) is 1.91. The molecule has 0 spiro atoms. The number of anilines is 1. The first-order valence-corrected chi connectivity index (χ1v) is 6.05. The van der Waals surface area contributed by atoms with E-state index in [0.29, 0.717) is 5.02 Å². The van der Waals surface area contributed by atoms with Gasteiger partial charge < -0.3 is 10.1 Å². The van der Waals surface area contributed by atoms with E-state index in [1.54, 1.807) is 6.92 Å². The number of rotatable bonds is 4. The fourth-order valence-corrected chi connectivity index (χ4v) is 2.24. The molecule has 1 saturated heterocycles. The summed E-state index contributed by atoms with van der Waals surface area (Å²) in [5.41, 5.74) is 1.67. The minimum atomic E-state index is -0.441. The molecule has 6 heteroatoms. The summed E-state index contributed by atoms with van der Waals surface area (Å²) in [6, 6.07) is 2.89. The third kappa shape index (κ3) is 2.57. The quantitative estimate of drug-likeness (QED) is 0.675. The molecular formula is C12H15ClN2O3. The highest BCUT2D eigenvalue weighted by Crippen LogP contribution is 2.33. The number of nitro benzene ring substituents is 1. The van der Waals surface area contributed by atoms with E-state index in [0.717, 1.165) is 31.0 Å². The van der Waals surface area contributed by atoms with Crippen LogP contribution in [0.1, 0.15) is 12.5 Å². The van der Waals surface area contributed by atoms with Gasteiger partial charge in [0, 0.05) is 24.1 Å². The van der Waals surface area contributed by atoms with Crippen LogP contribution in [0.25, 0.3) is 0 Å². The Morgan fingerprint density at radius 1 is 1.56 bits per heavy atom. The Morgan fingerprint density at radius 3 is 2.67 bits per heavy atom. The summed E-state index contributed by atoms with van der Waals surface area (Å²) in [7, 11) is 0. The molecule has 1 aliphatic rings. The molecule has 0 saturated carbocycles. The number of aryl methyl sites for hydroxylation is 1. The van der Waals surface area contributed by atoms with E-state index in [4.69, 9.17) is 16.3 Å². The van der Waals surface area contributed by atoms with Gasteiger partial charge >= 0.3 is 0 Å². The average molecular weight is 271 g/mol. The SMILES string of the molecule is Cc1cc([N+](=O)[O-])cc(Cl)c1NCC1(C)COC1. The molecule has 0 amide bonds. The lowest BCUT2D eigenvalue weighted by atomic mass is 9.88. The topological polar surface area (TPSA) is 64.4 Å². The van der Waals surface area contributed by atoms with Crippen molar-refractivity contribution in [3.8, 4) is 0 Å². The predicted molar refractivity (Wildman–Crippen MR) is 70.3 cm³/mol. The van der Waals surface area contributed by atoms with E-state index in [1.807, 2.05) is 0 Å². The maximum Gasteiger partial charge on any atom is 0.271 e. The van der Waals surface area contributed by atoms with Crippen LogP contribution in [-0.2, 0) is 4.74 Å². The minimum Gasteiger partial charge on any atom is -0.383 e. The average Bonchev–Trinajstić information content (AvgIpc) is 2.25. The van der Waals surface area contributed by atoms with Crippen LogP contribution in [0.3, 0.4) is 0 Å². The molecule has 2 rings (SSSR count).